The van der Waals surface area contributed by atoms with E-state index < -0.39 is 16.9 Å². The van der Waals surface area contributed by atoms with Crippen LogP contribution in [0.5, 0.6) is 0 Å². The van der Waals surface area contributed by atoms with Crippen molar-refractivity contribution < 1.29 is 19.2 Å². The van der Waals surface area contributed by atoms with E-state index in [2.05, 4.69) is 4.74 Å². The average molecular weight is 287 g/mol. The first-order valence-electron chi connectivity index (χ1n) is 5.14. The summed E-state index contributed by atoms with van der Waals surface area (Å²) >= 11 is 5.21. The highest BCUT2D eigenvalue weighted by atomic mass is 35.5. The van der Waals surface area contributed by atoms with Crippen LogP contribution in [0.15, 0.2) is 18.2 Å². The lowest BCUT2D eigenvalue weighted by atomic mass is 10.1. The summed E-state index contributed by atoms with van der Waals surface area (Å²) in [6.07, 6.45) is -0.928. The second-order valence-corrected chi connectivity index (χ2v) is 3.86. The minimum Gasteiger partial charge on any atom is -0.433 e. The molecule has 0 atom stereocenters. The van der Waals surface area contributed by atoms with Gasteiger partial charge >= 0.3 is 6.09 Å². The third kappa shape index (κ3) is 3.41. The lowest BCUT2D eigenvalue weighted by Gasteiger charge is -2.14. The molecular formula is C11H11ClN2O5. The number of benzene rings is 1. The normalized spacial score (nSPS) is 9.84. The number of alkyl halides is 1. The molecule has 0 unspecified atom stereocenters. The molecule has 19 heavy (non-hydrogen) atoms. The van der Waals surface area contributed by atoms with Gasteiger partial charge in [-0.3, -0.25) is 14.9 Å². The zero-order valence-electron chi connectivity index (χ0n) is 10.3. The number of amides is 2. The van der Waals surface area contributed by atoms with Gasteiger partial charge in [0.05, 0.1) is 4.92 Å². The molecule has 102 valence electrons. The Morgan fingerprint density at radius 2 is 2.11 bits per heavy atom. The van der Waals surface area contributed by atoms with Gasteiger partial charge in [0.15, 0.2) is 6.07 Å². The van der Waals surface area contributed by atoms with Gasteiger partial charge in [-0.15, -0.1) is 0 Å². The lowest BCUT2D eigenvalue weighted by molar-refractivity contribution is -0.385. The van der Waals surface area contributed by atoms with Gasteiger partial charge in [0.2, 0.25) is 0 Å². The number of hydrogen-bond acceptors (Lipinski definition) is 5. The van der Waals surface area contributed by atoms with Gasteiger partial charge in [0.1, 0.15) is 0 Å². The van der Waals surface area contributed by atoms with Crippen LogP contribution in [0.1, 0.15) is 15.9 Å². The monoisotopic (exact) mass is 286 g/mol. The Morgan fingerprint density at radius 3 is 2.63 bits per heavy atom. The zero-order valence-corrected chi connectivity index (χ0v) is 11.0. The SMILES string of the molecule is Cc1ccc(C(=O)N(C)C(=O)OCCl)cc1[N+](=O)[O-]. The molecule has 2 amide bonds. The summed E-state index contributed by atoms with van der Waals surface area (Å²) in [5.41, 5.74) is 0.254. The number of nitrogens with zero attached hydrogens (tertiary/aromatic N) is 2. The molecule has 0 heterocycles. The van der Waals surface area contributed by atoms with Crippen LogP contribution in [0, 0.1) is 17.0 Å². The van der Waals surface area contributed by atoms with Crippen LogP contribution in [-0.4, -0.2) is 34.9 Å². The van der Waals surface area contributed by atoms with Crippen molar-refractivity contribution >= 4 is 29.3 Å². The number of halogens is 1. The molecule has 7 nitrogen and oxygen atoms in total. The molecule has 8 heteroatoms. The van der Waals surface area contributed by atoms with Crippen LogP contribution in [0.2, 0.25) is 0 Å². The van der Waals surface area contributed by atoms with Crippen LogP contribution in [-0.2, 0) is 4.74 Å². The number of hydrogen-bond donors (Lipinski definition) is 0. The van der Waals surface area contributed by atoms with E-state index >= 15 is 0 Å². The molecular weight excluding hydrogens is 276 g/mol. The molecule has 0 aromatic heterocycles. The number of nitro benzene ring substituents is 1. The number of rotatable bonds is 3. The first-order valence-corrected chi connectivity index (χ1v) is 5.67. The van der Waals surface area contributed by atoms with Crippen molar-refractivity contribution in [1.29, 1.82) is 0 Å². The summed E-state index contributed by atoms with van der Waals surface area (Å²) in [4.78, 5) is 34.1. The quantitative estimate of drug-likeness (QED) is 0.483. The van der Waals surface area contributed by atoms with E-state index in [1.54, 1.807) is 6.92 Å². The van der Waals surface area contributed by atoms with E-state index in [-0.39, 0.29) is 17.3 Å². The van der Waals surface area contributed by atoms with Gasteiger partial charge in [0.25, 0.3) is 11.6 Å². The Bertz CT molecular complexity index is 532. The Labute approximate surface area is 113 Å². The van der Waals surface area contributed by atoms with Gasteiger partial charge in [-0.05, 0) is 13.0 Å². The highest BCUT2D eigenvalue weighted by Crippen LogP contribution is 2.20. The summed E-state index contributed by atoms with van der Waals surface area (Å²) in [7, 11) is 1.20. The maximum absolute atomic E-state index is 11.9. The molecule has 0 aliphatic heterocycles. The zero-order chi connectivity index (χ0) is 14.6. The summed E-state index contributed by atoms with van der Waals surface area (Å²) < 4.78 is 4.45. The average Bonchev–Trinajstić information content (AvgIpc) is 2.37. The van der Waals surface area contributed by atoms with Crippen LogP contribution in [0.4, 0.5) is 10.5 Å². The van der Waals surface area contributed by atoms with Crippen molar-refractivity contribution in [2.24, 2.45) is 0 Å². The summed E-state index contributed by atoms with van der Waals surface area (Å²) in [6.45, 7) is 1.55. The van der Waals surface area contributed by atoms with Crippen molar-refractivity contribution in [2.45, 2.75) is 6.92 Å². The second kappa shape index (κ2) is 6.14. The van der Waals surface area contributed by atoms with Gasteiger partial charge in [0, 0.05) is 24.2 Å². The largest absolute Gasteiger partial charge is 0.433 e. The number of carbonyl (C=O) groups excluding carboxylic acids is 2. The molecule has 1 aromatic carbocycles. The summed E-state index contributed by atoms with van der Waals surface area (Å²) in [5, 5.41) is 10.8. The van der Waals surface area contributed by atoms with E-state index in [4.69, 9.17) is 11.6 Å². The van der Waals surface area contributed by atoms with Crippen LogP contribution >= 0.6 is 11.6 Å². The highest BCUT2D eigenvalue weighted by molar-refractivity contribution is 6.17. The smallest absolute Gasteiger partial charge is 0.417 e. The molecule has 1 aromatic rings. The van der Waals surface area contributed by atoms with E-state index in [1.807, 2.05) is 0 Å². The van der Waals surface area contributed by atoms with Crippen molar-refractivity contribution in [1.82, 2.24) is 4.90 Å². The Kier molecular flexibility index (Phi) is 4.82. The van der Waals surface area contributed by atoms with Crippen LogP contribution in [0.25, 0.3) is 0 Å². The second-order valence-electron chi connectivity index (χ2n) is 3.64. The van der Waals surface area contributed by atoms with Gasteiger partial charge in [-0.1, -0.05) is 17.7 Å². The molecule has 0 N–H and O–H groups in total. The molecule has 0 saturated carbocycles. The van der Waals surface area contributed by atoms with Crippen molar-refractivity contribution in [3.05, 3.63) is 39.4 Å². The third-order valence-electron chi connectivity index (χ3n) is 2.41. The fraction of sp³-hybridized carbons (Fsp3) is 0.273. The fourth-order valence-corrected chi connectivity index (χ4v) is 1.45. The molecule has 0 aliphatic carbocycles. The Morgan fingerprint density at radius 1 is 1.47 bits per heavy atom. The van der Waals surface area contributed by atoms with E-state index in [0.29, 0.717) is 10.5 Å². The molecule has 0 bridgehead atoms. The Hall–Kier alpha value is -2.15. The van der Waals surface area contributed by atoms with Crippen molar-refractivity contribution in [3.63, 3.8) is 0 Å². The van der Waals surface area contributed by atoms with Gasteiger partial charge < -0.3 is 4.74 Å². The predicted octanol–water partition coefficient (Wildman–Crippen LogP) is 2.31. The Balaban J connectivity index is 3.03. The number of aryl methyl sites for hydroxylation is 1. The lowest BCUT2D eigenvalue weighted by Crippen LogP contribution is -2.33. The summed E-state index contributed by atoms with van der Waals surface area (Å²) in [6, 6.07) is 3.56. The van der Waals surface area contributed by atoms with Gasteiger partial charge in [-0.2, -0.15) is 0 Å². The molecule has 0 radical (unpaired) electrons. The molecule has 0 saturated heterocycles. The highest BCUT2D eigenvalue weighted by Gasteiger charge is 2.22. The van der Waals surface area contributed by atoms with E-state index in [9.17, 15) is 19.7 Å². The van der Waals surface area contributed by atoms with Crippen LogP contribution in [0.3, 0.4) is 0 Å². The predicted molar refractivity (Wildman–Crippen MR) is 67.1 cm³/mol. The first kappa shape index (κ1) is 14.9. The van der Waals surface area contributed by atoms with Gasteiger partial charge in [-0.25, -0.2) is 9.69 Å². The maximum atomic E-state index is 11.9. The number of imide groups is 1. The molecule has 0 spiro atoms. The fourth-order valence-electron chi connectivity index (χ4n) is 1.36. The standard InChI is InChI=1S/C11H11ClN2O5/c1-7-3-4-8(5-9(7)14(17)18)10(15)13(2)11(16)19-6-12/h3-5H,6H2,1-2H3. The minimum absolute atomic E-state index is 0.0197. The molecule has 1 rings (SSSR count). The first-order chi connectivity index (χ1) is 8.88. The topological polar surface area (TPSA) is 89.8 Å². The number of carbonyl (C=O) groups is 2. The number of ether oxygens (including phenoxy) is 1. The van der Waals surface area contributed by atoms with Crippen molar-refractivity contribution in [3.8, 4) is 0 Å². The molecule has 0 aliphatic rings. The number of nitro groups is 1. The van der Waals surface area contributed by atoms with Crippen molar-refractivity contribution in [2.75, 3.05) is 13.1 Å². The van der Waals surface area contributed by atoms with Crippen LogP contribution < -0.4 is 0 Å². The molecule has 0 fully saturated rings. The summed E-state index contributed by atoms with van der Waals surface area (Å²) in [5.74, 6) is -0.710. The van der Waals surface area contributed by atoms with E-state index in [0.717, 1.165) is 6.07 Å². The third-order valence-corrected chi connectivity index (χ3v) is 2.52. The minimum atomic E-state index is -0.928. The van der Waals surface area contributed by atoms with E-state index in [1.165, 1.54) is 19.2 Å². The maximum Gasteiger partial charge on any atom is 0.417 e.